The van der Waals surface area contributed by atoms with Crippen molar-refractivity contribution in [3.63, 3.8) is 0 Å². The Morgan fingerprint density at radius 3 is 2.54 bits per heavy atom. The lowest BCUT2D eigenvalue weighted by molar-refractivity contribution is 0.0967. The van der Waals surface area contributed by atoms with Gasteiger partial charge in [-0.1, -0.05) is 31.9 Å². The molecule has 1 N–H and O–H groups in total. The highest BCUT2D eigenvalue weighted by Crippen LogP contribution is 2.29. The number of Topliss-reactive ketones (excluding diaryl/α,β-unsaturated/α-hetero) is 1. The van der Waals surface area contributed by atoms with Gasteiger partial charge in [0.2, 0.25) is 0 Å². The summed E-state index contributed by atoms with van der Waals surface area (Å²) in [6.07, 6.45) is 4.54. The van der Waals surface area contributed by atoms with Crippen LogP contribution in [0.15, 0.2) is 36.4 Å². The first-order chi connectivity index (χ1) is 11.3. The van der Waals surface area contributed by atoms with Gasteiger partial charge in [0.25, 0.3) is 0 Å². The van der Waals surface area contributed by atoms with Crippen LogP contribution in [0.2, 0.25) is 0 Å². The smallest absolute Gasteiger partial charge is 0.163 e. The number of terminal acetylenes is 1. The van der Waals surface area contributed by atoms with E-state index in [4.69, 9.17) is 6.42 Å². The number of benzene rings is 2. The highest BCUT2D eigenvalue weighted by molar-refractivity contribution is 5.97. The first-order valence-electron chi connectivity index (χ1n) is 7.90. The summed E-state index contributed by atoms with van der Waals surface area (Å²) in [5.74, 6) is 2.03. The van der Waals surface area contributed by atoms with Crippen LogP contribution in [0.1, 0.15) is 47.9 Å². The zero-order valence-electron chi connectivity index (χ0n) is 14.1. The molecule has 124 valence electrons. The van der Waals surface area contributed by atoms with Gasteiger partial charge in [0, 0.05) is 17.5 Å². The Kier molecular flexibility index (Phi) is 5.54. The van der Waals surface area contributed by atoms with Gasteiger partial charge >= 0.3 is 0 Å². The van der Waals surface area contributed by atoms with Crippen molar-refractivity contribution >= 4 is 5.78 Å². The molecule has 0 aliphatic rings. The van der Waals surface area contributed by atoms with E-state index in [1.165, 1.54) is 6.07 Å². The molecule has 24 heavy (non-hydrogen) atoms. The lowest BCUT2D eigenvalue weighted by Crippen LogP contribution is -2.06. The molecule has 1 atom stereocenters. The van der Waals surface area contributed by atoms with Gasteiger partial charge in [0.15, 0.2) is 5.78 Å². The van der Waals surface area contributed by atoms with E-state index in [0.717, 1.165) is 5.56 Å². The Labute approximate surface area is 142 Å². The first kappa shape index (κ1) is 17.9. The molecule has 0 bridgehead atoms. The van der Waals surface area contributed by atoms with Crippen molar-refractivity contribution in [2.24, 2.45) is 5.92 Å². The van der Waals surface area contributed by atoms with Crippen molar-refractivity contribution in [1.82, 2.24) is 0 Å². The van der Waals surface area contributed by atoms with Crippen molar-refractivity contribution < 1.29 is 14.3 Å². The van der Waals surface area contributed by atoms with Crippen LogP contribution in [0.4, 0.5) is 4.39 Å². The van der Waals surface area contributed by atoms with Gasteiger partial charge < -0.3 is 5.11 Å². The zero-order valence-corrected chi connectivity index (χ0v) is 14.1. The van der Waals surface area contributed by atoms with Crippen LogP contribution in [-0.2, 0) is 0 Å². The molecular formula is C21H21FO2. The van der Waals surface area contributed by atoms with Crippen molar-refractivity contribution in [3.05, 3.63) is 58.9 Å². The van der Waals surface area contributed by atoms with Crippen molar-refractivity contribution in [2.75, 3.05) is 0 Å². The van der Waals surface area contributed by atoms with Crippen LogP contribution < -0.4 is 0 Å². The van der Waals surface area contributed by atoms with Crippen molar-refractivity contribution in [2.45, 2.75) is 33.3 Å². The summed E-state index contributed by atoms with van der Waals surface area (Å²) in [5.41, 5.74) is 2.58. The number of hydrogen-bond donors (Lipinski definition) is 1. The molecule has 0 amide bonds. The minimum Gasteiger partial charge on any atom is -0.376 e. The fourth-order valence-electron chi connectivity index (χ4n) is 2.57. The molecule has 0 aliphatic carbocycles. The van der Waals surface area contributed by atoms with E-state index >= 15 is 0 Å². The molecule has 0 fully saturated rings. The Morgan fingerprint density at radius 2 is 1.96 bits per heavy atom. The molecule has 0 aliphatic heterocycles. The second-order valence-corrected chi connectivity index (χ2v) is 6.42. The fraction of sp³-hybridized carbons (Fsp3) is 0.286. The van der Waals surface area contributed by atoms with Crippen molar-refractivity contribution in [1.29, 1.82) is 0 Å². The Morgan fingerprint density at radius 1 is 1.25 bits per heavy atom. The van der Waals surface area contributed by atoms with Gasteiger partial charge in [-0.3, -0.25) is 4.79 Å². The highest BCUT2D eigenvalue weighted by Gasteiger charge is 2.16. The van der Waals surface area contributed by atoms with E-state index < -0.39 is 6.10 Å². The number of hydrogen-bond acceptors (Lipinski definition) is 2. The summed E-state index contributed by atoms with van der Waals surface area (Å²) in [7, 11) is 0. The second-order valence-electron chi connectivity index (χ2n) is 6.42. The van der Waals surface area contributed by atoms with Crippen LogP contribution in [0.25, 0.3) is 11.1 Å². The Hall–Kier alpha value is -2.44. The van der Waals surface area contributed by atoms with Crippen LogP contribution >= 0.6 is 0 Å². The van der Waals surface area contributed by atoms with Gasteiger partial charge in [-0.15, -0.1) is 6.42 Å². The van der Waals surface area contributed by atoms with E-state index in [0.29, 0.717) is 28.7 Å². The zero-order chi connectivity index (χ0) is 17.9. The summed E-state index contributed by atoms with van der Waals surface area (Å²) >= 11 is 0. The predicted molar refractivity (Wildman–Crippen MR) is 94.2 cm³/mol. The topological polar surface area (TPSA) is 37.3 Å². The average molecular weight is 324 g/mol. The Bertz CT molecular complexity index is 800. The minimum atomic E-state index is -1.14. The lowest BCUT2D eigenvalue weighted by Gasteiger charge is -2.13. The van der Waals surface area contributed by atoms with Crippen LogP contribution in [-0.4, -0.2) is 10.9 Å². The van der Waals surface area contributed by atoms with Crippen LogP contribution in [0.3, 0.4) is 0 Å². The molecule has 0 heterocycles. The van der Waals surface area contributed by atoms with E-state index in [9.17, 15) is 14.3 Å². The standard InChI is InChI=1S/C21H21FO2/c1-5-20(23)16-10-15(18-7-6-14(4)9-19(18)22)11-17(12-16)21(24)8-13(2)3/h1,6-7,9-13,20,23H,8H2,2-4H3. The number of rotatable bonds is 5. The van der Waals surface area contributed by atoms with Crippen molar-refractivity contribution in [3.8, 4) is 23.5 Å². The second kappa shape index (κ2) is 7.42. The van der Waals surface area contributed by atoms with E-state index in [-0.39, 0.29) is 17.5 Å². The maximum Gasteiger partial charge on any atom is 0.163 e. The third kappa shape index (κ3) is 4.10. The number of ketones is 1. The number of halogens is 1. The highest BCUT2D eigenvalue weighted by atomic mass is 19.1. The predicted octanol–water partition coefficient (Wildman–Crippen LogP) is 4.70. The molecule has 0 aromatic heterocycles. The molecule has 2 nitrogen and oxygen atoms in total. The average Bonchev–Trinajstić information content (AvgIpc) is 2.53. The largest absolute Gasteiger partial charge is 0.376 e. The molecule has 0 spiro atoms. The van der Waals surface area contributed by atoms with Gasteiger partial charge in [0.05, 0.1) is 0 Å². The van der Waals surface area contributed by atoms with Gasteiger partial charge in [-0.25, -0.2) is 4.39 Å². The van der Waals surface area contributed by atoms with E-state index in [1.807, 2.05) is 20.8 Å². The minimum absolute atomic E-state index is 0.0511. The summed E-state index contributed by atoms with van der Waals surface area (Å²) in [4.78, 5) is 12.4. The SMILES string of the molecule is C#CC(O)c1cc(C(=O)CC(C)C)cc(-c2ccc(C)cc2F)c1. The number of carbonyl (C=O) groups excluding carboxylic acids is 1. The summed E-state index contributed by atoms with van der Waals surface area (Å²) in [5, 5.41) is 9.96. The maximum atomic E-state index is 14.3. The quantitative estimate of drug-likeness (QED) is 0.639. The van der Waals surface area contributed by atoms with Crippen LogP contribution in [0.5, 0.6) is 0 Å². The van der Waals surface area contributed by atoms with Gasteiger partial charge in [-0.2, -0.15) is 0 Å². The monoisotopic (exact) mass is 324 g/mol. The molecule has 2 aromatic carbocycles. The molecule has 0 radical (unpaired) electrons. The van der Waals surface area contributed by atoms with E-state index in [2.05, 4.69) is 5.92 Å². The Balaban J connectivity index is 2.58. The van der Waals surface area contributed by atoms with Gasteiger partial charge in [-0.05, 0) is 53.8 Å². The molecule has 0 saturated carbocycles. The fourth-order valence-corrected chi connectivity index (χ4v) is 2.57. The number of carbonyl (C=O) groups is 1. The molecule has 0 saturated heterocycles. The number of aliphatic hydroxyl groups is 1. The van der Waals surface area contributed by atoms with Gasteiger partial charge in [0.1, 0.15) is 11.9 Å². The third-order valence-electron chi connectivity index (χ3n) is 3.78. The lowest BCUT2D eigenvalue weighted by atomic mass is 9.93. The number of aryl methyl sites for hydroxylation is 1. The molecule has 2 rings (SSSR count). The molecule has 3 heteroatoms. The van der Waals surface area contributed by atoms with Crippen LogP contribution in [0, 0.1) is 31.0 Å². The summed E-state index contributed by atoms with van der Waals surface area (Å²) in [6, 6.07) is 9.79. The normalized spacial score (nSPS) is 12.0. The molecule has 1 unspecified atom stereocenters. The first-order valence-corrected chi connectivity index (χ1v) is 7.90. The summed E-state index contributed by atoms with van der Waals surface area (Å²) in [6.45, 7) is 5.72. The molecule has 2 aromatic rings. The maximum absolute atomic E-state index is 14.3. The summed E-state index contributed by atoms with van der Waals surface area (Å²) < 4.78 is 14.3. The third-order valence-corrected chi connectivity index (χ3v) is 3.78. The number of aliphatic hydroxyl groups excluding tert-OH is 1. The molecular weight excluding hydrogens is 303 g/mol. The van der Waals surface area contributed by atoms with E-state index in [1.54, 1.807) is 30.3 Å².